The zero-order valence-corrected chi connectivity index (χ0v) is 15.6. The number of aromatic hydroxyl groups is 1. The van der Waals surface area contributed by atoms with E-state index in [9.17, 15) is 14.7 Å². The van der Waals surface area contributed by atoms with Crippen molar-refractivity contribution in [1.82, 2.24) is 4.90 Å². The summed E-state index contributed by atoms with van der Waals surface area (Å²) in [5.41, 5.74) is 0.381. The van der Waals surface area contributed by atoms with Gasteiger partial charge in [-0.1, -0.05) is 0 Å². The summed E-state index contributed by atoms with van der Waals surface area (Å²) >= 11 is 0. The fourth-order valence-electron chi connectivity index (χ4n) is 4.75. The van der Waals surface area contributed by atoms with Crippen LogP contribution in [0.15, 0.2) is 18.2 Å². The maximum atomic E-state index is 12.5. The van der Waals surface area contributed by atoms with Gasteiger partial charge in [0.15, 0.2) is 0 Å². The number of phenolic OH excluding ortho intramolecular Hbond substituents is 1. The van der Waals surface area contributed by atoms with Crippen LogP contribution in [0.4, 0.5) is 0 Å². The van der Waals surface area contributed by atoms with Crippen molar-refractivity contribution in [1.29, 1.82) is 0 Å². The van der Waals surface area contributed by atoms with Gasteiger partial charge in [0.05, 0.1) is 24.7 Å². The summed E-state index contributed by atoms with van der Waals surface area (Å²) in [7, 11) is 0. The third kappa shape index (κ3) is 3.14. The summed E-state index contributed by atoms with van der Waals surface area (Å²) in [4.78, 5) is 25.1. The van der Waals surface area contributed by atoms with Crippen LogP contribution in [0.25, 0.3) is 0 Å². The number of carboxylic acid groups (broad SMARTS) is 1. The highest BCUT2D eigenvalue weighted by atomic mass is 16.5. The molecule has 1 amide bonds. The van der Waals surface area contributed by atoms with E-state index in [0.717, 1.165) is 24.2 Å². The topological polar surface area (TPSA) is 96.3 Å². The second-order valence-corrected chi connectivity index (χ2v) is 8.20. The number of carbonyl (C=O) groups is 2. The number of amides is 1. The number of hydrogen-bond acceptors (Lipinski definition) is 5. The molecule has 0 aliphatic carbocycles. The van der Waals surface area contributed by atoms with Crippen LogP contribution >= 0.6 is 0 Å². The minimum Gasteiger partial charge on any atom is -0.508 e. The Labute approximate surface area is 157 Å². The van der Waals surface area contributed by atoms with E-state index in [4.69, 9.17) is 14.6 Å². The van der Waals surface area contributed by atoms with E-state index >= 15 is 0 Å². The minimum absolute atomic E-state index is 0.0171. The lowest BCUT2D eigenvalue weighted by Gasteiger charge is -2.50. The van der Waals surface area contributed by atoms with E-state index in [1.807, 2.05) is 13.8 Å². The summed E-state index contributed by atoms with van der Waals surface area (Å²) in [6.45, 7) is 4.63. The highest BCUT2D eigenvalue weighted by Gasteiger charge is 2.53. The Balaban J connectivity index is 1.58. The van der Waals surface area contributed by atoms with Gasteiger partial charge in [0.1, 0.15) is 17.1 Å². The molecule has 4 atom stereocenters. The van der Waals surface area contributed by atoms with Crippen molar-refractivity contribution in [2.24, 2.45) is 5.92 Å². The van der Waals surface area contributed by atoms with Crippen LogP contribution in [-0.4, -0.2) is 51.3 Å². The van der Waals surface area contributed by atoms with Crippen LogP contribution < -0.4 is 4.74 Å². The number of carbonyl (C=O) groups excluding carboxylic acids is 1. The first kappa shape index (κ1) is 18.1. The minimum atomic E-state index is -0.961. The Morgan fingerprint density at radius 3 is 2.81 bits per heavy atom. The molecule has 7 heteroatoms. The number of benzene rings is 1. The molecule has 3 aliphatic rings. The molecule has 1 aromatic rings. The first-order valence-electron chi connectivity index (χ1n) is 9.45. The van der Waals surface area contributed by atoms with Crippen LogP contribution in [0.2, 0.25) is 0 Å². The summed E-state index contributed by atoms with van der Waals surface area (Å²) in [6, 6.07) is 5.02. The van der Waals surface area contributed by atoms with Gasteiger partial charge in [0.25, 0.3) is 0 Å². The van der Waals surface area contributed by atoms with E-state index in [1.165, 1.54) is 0 Å². The van der Waals surface area contributed by atoms with E-state index in [-0.39, 0.29) is 48.7 Å². The Bertz CT molecular complexity index is 776. The molecule has 7 nitrogen and oxygen atoms in total. The maximum Gasteiger partial charge on any atom is 0.303 e. The summed E-state index contributed by atoms with van der Waals surface area (Å²) in [5.74, 6) is -0.152. The molecule has 2 fully saturated rings. The molecule has 0 aromatic heterocycles. The zero-order chi connectivity index (χ0) is 19.3. The monoisotopic (exact) mass is 375 g/mol. The number of aliphatic carboxylic acids is 1. The molecule has 0 radical (unpaired) electrons. The van der Waals surface area contributed by atoms with Gasteiger partial charge in [-0.05, 0) is 44.9 Å². The van der Waals surface area contributed by atoms with Crippen LogP contribution in [0.3, 0.4) is 0 Å². The molecule has 0 saturated carbocycles. The molecule has 146 valence electrons. The van der Waals surface area contributed by atoms with Gasteiger partial charge in [-0.15, -0.1) is 0 Å². The lowest BCUT2D eigenvalue weighted by Crippen LogP contribution is -2.54. The standard InChI is InChI=1S/C20H25NO6/c1-20(2)13-10-14-16(7-8-21(14)17(23)5-6-18(24)25)26-19(13)12-9-11(22)3-4-15(12)27-20/h3-4,9,13-14,16,19,22H,5-8,10H2,1-2H3,(H,24,25)/t13-,14+,16-,19+/m1/s1. The largest absolute Gasteiger partial charge is 0.508 e. The van der Waals surface area contributed by atoms with Crippen molar-refractivity contribution in [2.75, 3.05) is 6.54 Å². The van der Waals surface area contributed by atoms with E-state index in [1.54, 1.807) is 23.1 Å². The van der Waals surface area contributed by atoms with E-state index in [2.05, 4.69) is 0 Å². The molecule has 1 aromatic carbocycles. The predicted octanol–water partition coefficient (Wildman–Crippen LogP) is 2.48. The number of hydrogen-bond donors (Lipinski definition) is 2. The van der Waals surface area contributed by atoms with Gasteiger partial charge >= 0.3 is 5.97 Å². The number of rotatable bonds is 3. The number of fused-ring (bicyclic) bond motifs is 4. The van der Waals surface area contributed by atoms with Gasteiger partial charge < -0.3 is 24.6 Å². The SMILES string of the molecule is CC1(C)Oc2ccc(O)cc2[C@@H]2O[C@@H]3CCN(C(=O)CCC(=O)O)[C@H]3C[C@H]21. The smallest absolute Gasteiger partial charge is 0.303 e. The van der Waals surface area contributed by atoms with Gasteiger partial charge in [-0.2, -0.15) is 0 Å². The second-order valence-electron chi connectivity index (χ2n) is 8.20. The summed E-state index contributed by atoms with van der Waals surface area (Å²) in [5, 5.41) is 18.7. The molecule has 27 heavy (non-hydrogen) atoms. The average molecular weight is 375 g/mol. The number of ether oxygens (including phenoxy) is 2. The maximum absolute atomic E-state index is 12.5. The van der Waals surface area contributed by atoms with Crippen molar-refractivity contribution < 1.29 is 29.3 Å². The summed E-state index contributed by atoms with van der Waals surface area (Å²) in [6.07, 6.45) is 1.07. The molecule has 3 heterocycles. The molecule has 0 bridgehead atoms. The van der Waals surface area contributed by atoms with Gasteiger partial charge in [-0.3, -0.25) is 9.59 Å². The number of carboxylic acids is 1. The quantitative estimate of drug-likeness (QED) is 0.843. The van der Waals surface area contributed by atoms with Crippen molar-refractivity contribution in [3.05, 3.63) is 23.8 Å². The zero-order valence-electron chi connectivity index (χ0n) is 15.6. The molecule has 4 rings (SSSR count). The molecule has 0 unspecified atom stereocenters. The lowest BCUT2D eigenvalue weighted by molar-refractivity contribution is -0.167. The van der Waals surface area contributed by atoms with Gasteiger partial charge in [0.2, 0.25) is 5.91 Å². The summed E-state index contributed by atoms with van der Waals surface area (Å²) < 4.78 is 12.6. The highest BCUT2D eigenvalue weighted by Crippen LogP contribution is 2.53. The fraction of sp³-hybridized carbons (Fsp3) is 0.600. The number of nitrogens with zero attached hydrogens (tertiary/aromatic N) is 1. The van der Waals surface area contributed by atoms with Crippen molar-refractivity contribution in [3.8, 4) is 11.5 Å². The second kappa shape index (κ2) is 6.41. The van der Waals surface area contributed by atoms with Crippen LogP contribution in [0.1, 0.15) is 51.2 Å². The first-order valence-corrected chi connectivity index (χ1v) is 9.45. The van der Waals surface area contributed by atoms with Crippen molar-refractivity contribution in [3.63, 3.8) is 0 Å². The molecular weight excluding hydrogens is 350 g/mol. The van der Waals surface area contributed by atoms with Crippen LogP contribution in [-0.2, 0) is 14.3 Å². The Kier molecular flexibility index (Phi) is 4.29. The van der Waals surface area contributed by atoms with Crippen molar-refractivity contribution in [2.45, 2.75) is 63.4 Å². The van der Waals surface area contributed by atoms with Gasteiger partial charge in [-0.25, -0.2) is 0 Å². The van der Waals surface area contributed by atoms with E-state index < -0.39 is 11.6 Å². The van der Waals surface area contributed by atoms with Crippen molar-refractivity contribution >= 4 is 11.9 Å². The normalized spacial score (nSPS) is 30.7. The third-order valence-electron chi connectivity index (χ3n) is 6.11. The Morgan fingerprint density at radius 1 is 1.30 bits per heavy atom. The molecule has 2 saturated heterocycles. The molecule has 0 spiro atoms. The molecule has 2 N–H and O–H groups in total. The molecule has 3 aliphatic heterocycles. The average Bonchev–Trinajstić information content (AvgIpc) is 3.02. The van der Waals surface area contributed by atoms with E-state index in [0.29, 0.717) is 6.54 Å². The number of likely N-dealkylation sites (tertiary alicyclic amines) is 1. The molecular formula is C20H25NO6. The lowest BCUT2D eigenvalue weighted by atomic mass is 9.74. The van der Waals surface area contributed by atoms with Crippen LogP contribution in [0, 0.1) is 5.92 Å². The fourth-order valence-corrected chi connectivity index (χ4v) is 4.75. The predicted molar refractivity (Wildman–Crippen MR) is 95.5 cm³/mol. The first-order chi connectivity index (χ1) is 12.8. The van der Waals surface area contributed by atoms with Crippen LogP contribution in [0.5, 0.6) is 11.5 Å². The van der Waals surface area contributed by atoms with Gasteiger partial charge in [0, 0.05) is 24.4 Å². The Hall–Kier alpha value is -2.28. The Morgan fingerprint density at radius 2 is 2.07 bits per heavy atom. The number of phenols is 1. The third-order valence-corrected chi connectivity index (χ3v) is 6.11. The highest BCUT2D eigenvalue weighted by molar-refractivity contribution is 5.81.